The van der Waals surface area contributed by atoms with Crippen molar-refractivity contribution >= 4 is 27.8 Å². The minimum Gasteiger partial charge on any atom is -0.315 e. The molecule has 44 heavy (non-hydrogen) atoms. The van der Waals surface area contributed by atoms with Crippen LogP contribution in [0.5, 0.6) is 0 Å². The van der Waals surface area contributed by atoms with Gasteiger partial charge in [-0.15, -0.1) is 0 Å². The van der Waals surface area contributed by atoms with Crippen molar-refractivity contribution in [2.24, 2.45) is 12.1 Å². The molecule has 2 heterocycles. The van der Waals surface area contributed by atoms with Gasteiger partial charge in [-0.3, -0.25) is 14.3 Å². The van der Waals surface area contributed by atoms with Crippen molar-refractivity contribution in [1.29, 1.82) is 0 Å². The maximum atomic E-state index is 14.5. The Labute approximate surface area is 254 Å². The van der Waals surface area contributed by atoms with Gasteiger partial charge in [-0.05, 0) is 63.2 Å². The number of aromatic nitrogens is 3. The van der Waals surface area contributed by atoms with Gasteiger partial charge < -0.3 is 4.57 Å². The lowest BCUT2D eigenvalue weighted by Gasteiger charge is -2.22. The van der Waals surface area contributed by atoms with Crippen molar-refractivity contribution < 1.29 is 17.6 Å². The molecule has 0 saturated carbocycles. The first kappa shape index (κ1) is 30.2. The number of nitrogens with one attached hydrogen (secondary N) is 1. The number of hydrogen-bond acceptors (Lipinski definition) is 5. The number of benzene rings is 3. The maximum absolute atomic E-state index is 14.5. The van der Waals surface area contributed by atoms with Gasteiger partial charge in [0.1, 0.15) is 18.0 Å². The second kappa shape index (κ2) is 12.2. The molecule has 0 spiro atoms. The Hall–Kier alpha value is -5.23. The van der Waals surface area contributed by atoms with Crippen LogP contribution in [0.4, 0.5) is 10.1 Å². The van der Waals surface area contributed by atoms with Crippen molar-refractivity contribution in [3.8, 4) is 11.4 Å². The molecule has 0 aliphatic carbocycles. The second-order valence-corrected chi connectivity index (χ2v) is 12.0. The molecule has 226 valence electrons. The summed E-state index contributed by atoms with van der Waals surface area (Å²) in [5.41, 5.74) is 4.96. The van der Waals surface area contributed by atoms with E-state index in [2.05, 4.69) is 10.5 Å². The molecular formula is C32H31FN6O4S. The Bertz CT molecular complexity index is 2030. The predicted octanol–water partition coefficient (Wildman–Crippen LogP) is 4.38. The van der Waals surface area contributed by atoms with E-state index in [0.717, 1.165) is 10.00 Å². The number of hydrogen-bond donors (Lipinski definition) is 1. The normalized spacial score (nSPS) is 11.7. The summed E-state index contributed by atoms with van der Waals surface area (Å²) < 4.78 is 47.7. The minimum absolute atomic E-state index is 0.0780. The van der Waals surface area contributed by atoms with E-state index in [4.69, 9.17) is 0 Å². The molecule has 0 saturated heterocycles. The van der Waals surface area contributed by atoms with Crippen LogP contribution in [0.2, 0.25) is 0 Å². The van der Waals surface area contributed by atoms with Gasteiger partial charge in [-0.1, -0.05) is 48.5 Å². The van der Waals surface area contributed by atoms with Crippen LogP contribution in [0.25, 0.3) is 11.4 Å². The van der Waals surface area contributed by atoms with Crippen LogP contribution >= 0.6 is 0 Å². The number of amides is 1. The molecule has 1 N–H and O–H groups in total. The molecule has 0 aliphatic rings. The molecule has 0 aliphatic heterocycles. The van der Waals surface area contributed by atoms with Gasteiger partial charge >= 0.3 is 0 Å². The van der Waals surface area contributed by atoms with Gasteiger partial charge in [-0.2, -0.15) is 5.10 Å². The summed E-state index contributed by atoms with van der Waals surface area (Å²) in [6, 6.07) is 24.6. The third kappa shape index (κ3) is 5.59. The molecule has 2 aromatic heterocycles. The molecule has 0 atom stereocenters. The fourth-order valence-corrected chi connectivity index (χ4v) is 6.60. The smallest absolute Gasteiger partial charge is 0.296 e. The molecule has 10 nitrogen and oxygen atoms in total. The van der Waals surface area contributed by atoms with Gasteiger partial charge in [0.25, 0.3) is 21.5 Å². The molecule has 0 unspecified atom stereocenters. The number of sulfonamides is 1. The van der Waals surface area contributed by atoms with Crippen LogP contribution in [0.1, 0.15) is 22.6 Å². The fourth-order valence-electron chi connectivity index (χ4n) is 5.11. The lowest BCUT2D eigenvalue weighted by molar-refractivity contribution is -0.119. The topological polar surface area (TPSA) is 111 Å². The Morgan fingerprint density at radius 3 is 2.20 bits per heavy atom. The molecule has 0 bridgehead atoms. The highest BCUT2D eigenvalue weighted by Crippen LogP contribution is 2.26. The summed E-state index contributed by atoms with van der Waals surface area (Å²) in [6.07, 6.45) is 1.41. The summed E-state index contributed by atoms with van der Waals surface area (Å²) in [5, 5.41) is 4.05. The van der Waals surface area contributed by atoms with E-state index >= 15 is 0 Å². The molecular weight excluding hydrogens is 583 g/mol. The number of para-hydroxylation sites is 2. The number of halogens is 1. The fraction of sp³-hybridized carbons (Fsp3) is 0.156. The Morgan fingerprint density at radius 2 is 1.55 bits per heavy atom. The van der Waals surface area contributed by atoms with Gasteiger partial charge in [0, 0.05) is 24.0 Å². The van der Waals surface area contributed by atoms with Crippen LogP contribution in [0.3, 0.4) is 0 Å². The van der Waals surface area contributed by atoms with E-state index < -0.39 is 28.0 Å². The first-order chi connectivity index (χ1) is 21.0. The largest absolute Gasteiger partial charge is 0.315 e. The predicted molar refractivity (Wildman–Crippen MR) is 168 cm³/mol. The Kier molecular flexibility index (Phi) is 8.36. The summed E-state index contributed by atoms with van der Waals surface area (Å²) in [7, 11) is -2.70. The number of carbonyl (C=O) groups excluding carboxylic acids is 1. The van der Waals surface area contributed by atoms with Crippen molar-refractivity contribution in [2.75, 3.05) is 10.8 Å². The number of aryl methyl sites for hydroxylation is 1. The van der Waals surface area contributed by atoms with Crippen molar-refractivity contribution in [1.82, 2.24) is 19.4 Å². The van der Waals surface area contributed by atoms with Crippen LogP contribution < -0.4 is 15.3 Å². The highest BCUT2D eigenvalue weighted by molar-refractivity contribution is 7.92. The first-order valence-corrected chi connectivity index (χ1v) is 15.1. The standard InChI is InChI=1S/C32H31FN6O4S/c1-22-19-25(23(2)38(22)29-18-12-11-17-28(29)33)20-34-35-30(40)21-37(44(42,43)27-15-9-6-10-16-27)31-24(3)36(4)39(32(31)41)26-13-7-5-8-14-26/h5-20H,21H2,1-4H3,(H,35,40)/b34-20-. The molecule has 1 amide bonds. The lowest BCUT2D eigenvalue weighted by Crippen LogP contribution is -2.42. The maximum Gasteiger partial charge on any atom is 0.296 e. The first-order valence-electron chi connectivity index (χ1n) is 13.7. The zero-order valence-corrected chi connectivity index (χ0v) is 25.4. The van der Waals surface area contributed by atoms with Crippen LogP contribution in [0.15, 0.2) is 106 Å². The van der Waals surface area contributed by atoms with Crippen molar-refractivity contribution in [3.63, 3.8) is 0 Å². The molecule has 0 fully saturated rings. The number of rotatable bonds is 9. The minimum atomic E-state index is -4.35. The summed E-state index contributed by atoms with van der Waals surface area (Å²) in [4.78, 5) is 26.9. The monoisotopic (exact) mass is 614 g/mol. The number of carbonyl (C=O) groups is 1. The van der Waals surface area contributed by atoms with Crippen LogP contribution in [0, 0.1) is 26.6 Å². The van der Waals surface area contributed by atoms with E-state index in [9.17, 15) is 22.4 Å². The highest BCUT2D eigenvalue weighted by Gasteiger charge is 2.33. The van der Waals surface area contributed by atoms with E-state index in [0.29, 0.717) is 28.3 Å². The molecule has 3 aromatic carbocycles. The van der Waals surface area contributed by atoms with Crippen LogP contribution in [-0.4, -0.2) is 41.0 Å². The van der Waals surface area contributed by atoms with E-state index in [1.807, 2.05) is 6.92 Å². The zero-order valence-electron chi connectivity index (χ0n) is 24.6. The third-order valence-corrected chi connectivity index (χ3v) is 9.11. The number of anilines is 1. The van der Waals surface area contributed by atoms with E-state index in [1.165, 1.54) is 29.1 Å². The van der Waals surface area contributed by atoms with Crippen LogP contribution in [-0.2, 0) is 21.9 Å². The molecule has 5 aromatic rings. The van der Waals surface area contributed by atoms with Gasteiger partial charge in [0.05, 0.1) is 28.2 Å². The lowest BCUT2D eigenvalue weighted by atomic mass is 10.2. The van der Waals surface area contributed by atoms with Crippen molar-refractivity contribution in [2.45, 2.75) is 25.7 Å². The SMILES string of the molecule is Cc1cc(/C=N\NC(=O)CN(c2c(C)n(C)n(-c3ccccc3)c2=O)S(=O)(=O)c2ccccc2)c(C)n1-c1ccccc1F. The van der Waals surface area contributed by atoms with Gasteiger partial charge in [0.15, 0.2) is 0 Å². The quantitative estimate of drug-likeness (QED) is 0.196. The average molecular weight is 615 g/mol. The number of nitrogens with zero attached hydrogens (tertiary/aromatic N) is 5. The van der Waals surface area contributed by atoms with Crippen molar-refractivity contribution in [3.05, 3.63) is 130 Å². The number of hydrazone groups is 1. The summed E-state index contributed by atoms with van der Waals surface area (Å²) in [5.74, 6) is -1.15. The molecule has 0 radical (unpaired) electrons. The van der Waals surface area contributed by atoms with Gasteiger partial charge in [0.2, 0.25) is 0 Å². The highest BCUT2D eigenvalue weighted by atomic mass is 32.2. The summed E-state index contributed by atoms with van der Waals surface area (Å²) in [6.45, 7) is 4.53. The average Bonchev–Trinajstić information content (AvgIpc) is 3.41. The van der Waals surface area contributed by atoms with E-state index in [-0.39, 0.29) is 16.4 Å². The second-order valence-electron chi connectivity index (χ2n) is 10.1. The molecule has 12 heteroatoms. The Balaban J connectivity index is 1.47. The third-order valence-electron chi connectivity index (χ3n) is 7.35. The Morgan fingerprint density at radius 1 is 0.932 bits per heavy atom. The van der Waals surface area contributed by atoms with Gasteiger partial charge in [-0.25, -0.2) is 27.2 Å². The molecule has 5 rings (SSSR count). The zero-order chi connectivity index (χ0) is 31.6. The summed E-state index contributed by atoms with van der Waals surface area (Å²) >= 11 is 0. The van der Waals surface area contributed by atoms with E-state index in [1.54, 1.807) is 103 Å².